The Bertz CT molecular complexity index is 339. The summed E-state index contributed by atoms with van der Waals surface area (Å²) >= 11 is 0. The van der Waals surface area contributed by atoms with Gasteiger partial charge in [-0.3, -0.25) is 4.79 Å². The molecule has 0 bridgehead atoms. The Morgan fingerprint density at radius 1 is 0.586 bits per heavy atom. The molecule has 0 heterocycles. The SMILES string of the molecule is CCCCCCCCCCCCC(CCCC)COC(=O)C(C)CCCCCC. The molecule has 0 N–H and O–H groups in total. The van der Waals surface area contributed by atoms with Crippen molar-refractivity contribution >= 4 is 5.97 Å². The minimum absolute atomic E-state index is 0.0334. The van der Waals surface area contributed by atoms with Crippen LogP contribution < -0.4 is 0 Å². The van der Waals surface area contributed by atoms with Gasteiger partial charge in [0, 0.05) is 0 Å². The zero-order valence-corrected chi connectivity index (χ0v) is 20.6. The number of unbranched alkanes of at least 4 members (excludes halogenated alkanes) is 13. The van der Waals surface area contributed by atoms with Gasteiger partial charge in [0.25, 0.3) is 0 Å². The summed E-state index contributed by atoms with van der Waals surface area (Å²) in [6, 6.07) is 0. The summed E-state index contributed by atoms with van der Waals surface area (Å²) in [6.45, 7) is 9.45. The maximum absolute atomic E-state index is 12.3. The van der Waals surface area contributed by atoms with E-state index >= 15 is 0 Å². The lowest BCUT2D eigenvalue weighted by atomic mass is 9.95. The van der Waals surface area contributed by atoms with E-state index in [1.54, 1.807) is 0 Å². The summed E-state index contributed by atoms with van der Waals surface area (Å²) in [6.07, 6.45) is 24.7. The smallest absolute Gasteiger partial charge is 0.308 e. The topological polar surface area (TPSA) is 26.3 Å². The van der Waals surface area contributed by atoms with Crippen LogP contribution in [0, 0.1) is 11.8 Å². The normalized spacial score (nSPS) is 13.4. The zero-order valence-electron chi connectivity index (χ0n) is 20.6. The minimum Gasteiger partial charge on any atom is -0.465 e. The van der Waals surface area contributed by atoms with E-state index in [-0.39, 0.29) is 11.9 Å². The third-order valence-electron chi connectivity index (χ3n) is 6.29. The second-order valence-corrected chi connectivity index (χ2v) is 9.36. The van der Waals surface area contributed by atoms with Gasteiger partial charge in [-0.05, 0) is 25.2 Å². The molecular formula is C27H54O2. The van der Waals surface area contributed by atoms with Crippen molar-refractivity contribution in [1.29, 1.82) is 0 Å². The average molecular weight is 411 g/mol. The van der Waals surface area contributed by atoms with Gasteiger partial charge in [0.2, 0.25) is 0 Å². The van der Waals surface area contributed by atoms with Crippen molar-refractivity contribution in [3.05, 3.63) is 0 Å². The van der Waals surface area contributed by atoms with Gasteiger partial charge in [-0.2, -0.15) is 0 Å². The Morgan fingerprint density at radius 3 is 1.55 bits per heavy atom. The van der Waals surface area contributed by atoms with Crippen LogP contribution in [0.2, 0.25) is 0 Å². The number of carbonyl (C=O) groups excluding carboxylic acids is 1. The highest BCUT2D eigenvalue weighted by Crippen LogP contribution is 2.20. The number of hydrogen-bond donors (Lipinski definition) is 0. The summed E-state index contributed by atoms with van der Waals surface area (Å²) in [7, 11) is 0. The average Bonchev–Trinajstić information content (AvgIpc) is 2.73. The standard InChI is InChI=1S/C27H54O2/c1-5-8-11-13-14-15-16-17-18-20-23-26(22-10-7-3)24-29-27(28)25(4)21-19-12-9-6-2/h25-26H,5-24H2,1-4H3. The Labute approximate surface area is 184 Å². The van der Waals surface area contributed by atoms with Crippen LogP contribution in [0.1, 0.15) is 150 Å². The van der Waals surface area contributed by atoms with Crippen LogP contribution in [0.4, 0.5) is 0 Å². The van der Waals surface area contributed by atoms with Crippen molar-refractivity contribution in [3.8, 4) is 0 Å². The molecule has 0 spiro atoms. The van der Waals surface area contributed by atoms with Gasteiger partial charge in [0.15, 0.2) is 0 Å². The fourth-order valence-electron chi connectivity index (χ4n) is 4.06. The summed E-state index contributed by atoms with van der Waals surface area (Å²) < 4.78 is 5.72. The molecule has 2 atom stereocenters. The largest absolute Gasteiger partial charge is 0.465 e. The lowest BCUT2D eigenvalue weighted by Gasteiger charge is -2.18. The monoisotopic (exact) mass is 410 g/mol. The van der Waals surface area contributed by atoms with Crippen molar-refractivity contribution in [2.45, 2.75) is 150 Å². The van der Waals surface area contributed by atoms with Gasteiger partial charge in [-0.15, -0.1) is 0 Å². The molecule has 0 fully saturated rings. The van der Waals surface area contributed by atoms with E-state index < -0.39 is 0 Å². The summed E-state index contributed by atoms with van der Waals surface area (Å²) in [5, 5.41) is 0. The molecule has 0 saturated heterocycles. The van der Waals surface area contributed by atoms with E-state index in [1.165, 1.54) is 109 Å². The molecule has 0 aromatic rings. The molecular weight excluding hydrogens is 356 g/mol. The van der Waals surface area contributed by atoms with Crippen LogP contribution in [-0.4, -0.2) is 12.6 Å². The van der Waals surface area contributed by atoms with E-state index in [4.69, 9.17) is 4.74 Å². The molecule has 0 aromatic carbocycles. The number of rotatable bonds is 22. The number of carbonyl (C=O) groups is 1. The second kappa shape index (κ2) is 22.2. The van der Waals surface area contributed by atoms with E-state index in [1.807, 2.05) is 6.92 Å². The predicted octanol–water partition coefficient (Wildman–Crippen LogP) is 9.25. The lowest BCUT2D eigenvalue weighted by Crippen LogP contribution is -2.19. The Morgan fingerprint density at radius 2 is 1.00 bits per heavy atom. The lowest BCUT2D eigenvalue weighted by molar-refractivity contribution is -0.149. The third kappa shape index (κ3) is 19.2. The van der Waals surface area contributed by atoms with Crippen molar-refractivity contribution < 1.29 is 9.53 Å². The van der Waals surface area contributed by atoms with Crippen molar-refractivity contribution in [2.75, 3.05) is 6.61 Å². The van der Waals surface area contributed by atoms with Crippen molar-refractivity contribution in [3.63, 3.8) is 0 Å². The second-order valence-electron chi connectivity index (χ2n) is 9.36. The summed E-state index contributed by atoms with van der Waals surface area (Å²) in [5.74, 6) is 0.669. The van der Waals surface area contributed by atoms with E-state index in [0.29, 0.717) is 12.5 Å². The van der Waals surface area contributed by atoms with E-state index in [9.17, 15) is 4.79 Å². The molecule has 2 unspecified atom stereocenters. The zero-order chi connectivity index (χ0) is 21.6. The predicted molar refractivity (Wildman–Crippen MR) is 128 cm³/mol. The quantitative estimate of drug-likeness (QED) is 0.131. The van der Waals surface area contributed by atoms with Crippen LogP contribution in [0.5, 0.6) is 0 Å². The van der Waals surface area contributed by atoms with Crippen molar-refractivity contribution in [1.82, 2.24) is 0 Å². The highest BCUT2D eigenvalue weighted by molar-refractivity contribution is 5.71. The van der Waals surface area contributed by atoms with Gasteiger partial charge in [0.05, 0.1) is 12.5 Å². The maximum atomic E-state index is 12.3. The third-order valence-corrected chi connectivity index (χ3v) is 6.29. The molecule has 0 amide bonds. The molecule has 0 aliphatic carbocycles. The first kappa shape index (κ1) is 28.5. The molecule has 2 heteroatoms. The molecule has 2 nitrogen and oxygen atoms in total. The first-order valence-electron chi connectivity index (χ1n) is 13.3. The van der Waals surface area contributed by atoms with Gasteiger partial charge in [-0.25, -0.2) is 0 Å². The molecule has 29 heavy (non-hydrogen) atoms. The van der Waals surface area contributed by atoms with Crippen LogP contribution in [0.25, 0.3) is 0 Å². The fraction of sp³-hybridized carbons (Fsp3) is 0.963. The van der Waals surface area contributed by atoms with E-state index in [0.717, 1.165) is 12.8 Å². The van der Waals surface area contributed by atoms with Crippen LogP contribution in [-0.2, 0) is 9.53 Å². The number of esters is 1. The van der Waals surface area contributed by atoms with Crippen LogP contribution in [0.3, 0.4) is 0 Å². The molecule has 0 aromatic heterocycles. The molecule has 0 aliphatic rings. The minimum atomic E-state index is 0.0334. The first-order chi connectivity index (χ1) is 14.2. The number of ether oxygens (including phenoxy) is 1. The van der Waals surface area contributed by atoms with Gasteiger partial charge in [0.1, 0.15) is 0 Å². The van der Waals surface area contributed by atoms with Crippen LogP contribution >= 0.6 is 0 Å². The Balaban J connectivity index is 3.86. The Hall–Kier alpha value is -0.530. The van der Waals surface area contributed by atoms with Crippen LogP contribution in [0.15, 0.2) is 0 Å². The van der Waals surface area contributed by atoms with Gasteiger partial charge in [-0.1, -0.05) is 130 Å². The first-order valence-corrected chi connectivity index (χ1v) is 13.3. The maximum Gasteiger partial charge on any atom is 0.308 e. The summed E-state index contributed by atoms with van der Waals surface area (Å²) in [5.41, 5.74) is 0. The molecule has 0 saturated carbocycles. The Kier molecular flexibility index (Phi) is 21.8. The molecule has 0 aliphatic heterocycles. The highest BCUT2D eigenvalue weighted by atomic mass is 16.5. The molecule has 0 radical (unpaired) electrons. The van der Waals surface area contributed by atoms with Gasteiger partial charge >= 0.3 is 5.97 Å². The van der Waals surface area contributed by atoms with E-state index in [2.05, 4.69) is 20.8 Å². The fourth-order valence-corrected chi connectivity index (χ4v) is 4.06. The molecule has 0 rings (SSSR count). The highest BCUT2D eigenvalue weighted by Gasteiger charge is 2.17. The summed E-state index contributed by atoms with van der Waals surface area (Å²) in [4.78, 5) is 12.3. The van der Waals surface area contributed by atoms with Gasteiger partial charge < -0.3 is 4.74 Å². The molecule has 174 valence electrons. The number of hydrogen-bond acceptors (Lipinski definition) is 2. The van der Waals surface area contributed by atoms with Crippen molar-refractivity contribution in [2.24, 2.45) is 11.8 Å².